The second-order valence-electron chi connectivity index (χ2n) is 5.78. The van der Waals surface area contributed by atoms with Gasteiger partial charge in [-0.2, -0.15) is 0 Å². The first-order valence-electron chi connectivity index (χ1n) is 8.92. The van der Waals surface area contributed by atoms with Crippen molar-refractivity contribution in [3.05, 3.63) is 77.9 Å². The largest absolute Gasteiger partial charge is 0.513 e. The lowest BCUT2D eigenvalue weighted by Crippen LogP contribution is -2.23. The van der Waals surface area contributed by atoms with Crippen LogP contribution in [-0.2, 0) is 16.0 Å². The van der Waals surface area contributed by atoms with Gasteiger partial charge in [0.15, 0.2) is 0 Å². The molecule has 0 bridgehead atoms. The molecular weight excluding hydrogens is 358 g/mol. The normalized spacial score (nSPS) is 10.9. The molecule has 0 unspecified atom stereocenters. The van der Waals surface area contributed by atoms with Gasteiger partial charge in [0.25, 0.3) is 0 Å². The molecule has 1 amide bonds. The van der Waals surface area contributed by atoms with Crippen LogP contribution in [0.3, 0.4) is 0 Å². The van der Waals surface area contributed by atoms with Gasteiger partial charge in [-0.25, -0.2) is 4.79 Å². The minimum Gasteiger partial charge on any atom is -0.508 e. The van der Waals surface area contributed by atoms with E-state index in [1.807, 2.05) is 18.2 Å². The molecule has 0 aliphatic heterocycles. The maximum atomic E-state index is 11.8. The van der Waals surface area contributed by atoms with Crippen LogP contribution < -0.4 is 10.1 Å². The third-order valence-corrected chi connectivity index (χ3v) is 3.64. The summed E-state index contributed by atoms with van der Waals surface area (Å²) in [5.41, 5.74) is 1.94. The van der Waals surface area contributed by atoms with Gasteiger partial charge in [-0.15, -0.1) is 0 Å². The van der Waals surface area contributed by atoms with E-state index in [1.54, 1.807) is 55.5 Å². The topological polar surface area (TPSA) is 84.9 Å². The molecule has 0 saturated carbocycles. The number of hydrogen-bond acceptors (Lipinski definition) is 5. The lowest BCUT2D eigenvalue weighted by Gasteiger charge is -2.03. The molecule has 6 nitrogen and oxygen atoms in total. The maximum absolute atomic E-state index is 11.8. The summed E-state index contributed by atoms with van der Waals surface area (Å²) in [5, 5.41) is 12.0. The van der Waals surface area contributed by atoms with E-state index in [4.69, 9.17) is 9.47 Å². The summed E-state index contributed by atoms with van der Waals surface area (Å²) in [6.45, 7) is 2.48. The van der Waals surface area contributed by atoms with Gasteiger partial charge in [-0.1, -0.05) is 42.5 Å². The van der Waals surface area contributed by atoms with Crippen molar-refractivity contribution in [2.24, 2.45) is 0 Å². The molecule has 2 rings (SSSR count). The average molecular weight is 381 g/mol. The summed E-state index contributed by atoms with van der Waals surface area (Å²) < 4.78 is 9.68. The molecule has 0 heterocycles. The molecule has 146 valence electrons. The van der Waals surface area contributed by atoms with Gasteiger partial charge < -0.3 is 19.9 Å². The Kier molecular flexibility index (Phi) is 8.33. The first kappa shape index (κ1) is 20.8. The molecular formula is C22H23NO5. The molecule has 0 spiro atoms. The zero-order chi connectivity index (χ0) is 20.2. The van der Waals surface area contributed by atoms with Crippen LogP contribution in [0.2, 0.25) is 0 Å². The van der Waals surface area contributed by atoms with Gasteiger partial charge >= 0.3 is 6.16 Å². The highest BCUT2D eigenvalue weighted by Crippen LogP contribution is 2.14. The smallest absolute Gasteiger partial charge is 0.508 e. The average Bonchev–Trinajstić information content (AvgIpc) is 2.68. The fraction of sp³-hybridized carbons (Fsp3) is 0.182. The number of benzene rings is 2. The molecule has 2 aromatic rings. The molecule has 2 aromatic carbocycles. The van der Waals surface area contributed by atoms with E-state index in [1.165, 1.54) is 6.08 Å². The minimum absolute atomic E-state index is 0.179. The summed E-state index contributed by atoms with van der Waals surface area (Å²) in [7, 11) is 0. The zero-order valence-electron chi connectivity index (χ0n) is 15.6. The molecule has 0 fully saturated rings. The van der Waals surface area contributed by atoms with Crippen molar-refractivity contribution in [3.8, 4) is 11.5 Å². The molecule has 0 aliphatic rings. The fourth-order valence-electron chi connectivity index (χ4n) is 2.25. The van der Waals surface area contributed by atoms with Crippen LogP contribution in [0.15, 0.2) is 66.8 Å². The summed E-state index contributed by atoms with van der Waals surface area (Å²) in [5.74, 6) is 0.449. The quantitative estimate of drug-likeness (QED) is 0.314. The Labute approximate surface area is 164 Å². The van der Waals surface area contributed by atoms with Crippen molar-refractivity contribution in [2.75, 3.05) is 13.2 Å². The summed E-state index contributed by atoms with van der Waals surface area (Å²) in [6.07, 6.45) is 6.64. The van der Waals surface area contributed by atoms with E-state index >= 15 is 0 Å². The standard InChI is InChI=1S/C22H23NO5/c1-2-27-22(26)28-20-13-9-17(10-14-20)5-3-4-6-21(25)23-16-15-18-7-11-19(24)12-8-18/h3-14,24H,2,15-16H2,1H3,(H,23,25). The van der Waals surface area contributed by atoms with Crippen LogP contribution in [0.5, 0.6) is 11.5 Å². The molecule has 6 heteroatoms. The van der Waals surface area contributed by atoms with Crippen molar-refractivity contribution < 1.29 is 24.2 Å². The molecule has 0 aromatic heterocycles. The van der Waals surface area contributed by atoms with E-state index in [-0.39, 0.29) is 18.3 Å². The SMILES string of the molecule is CCOC(=O)Oc1ccc(C=CC=CC(=O)NCCc2ccc(O)cc2)cc1. The van der Waals surface area contributed by atoms with Crippen molar-refractivity contribution in [2.45, 2.75) is 13.3 Å². The van der Waals surface area contributed by atoms with Gasteiger partial charge in [-0.05, 0) is 48.7 Å². The van der Waals surface area contributed by atoms with Crippen LogP contribution in [-0.4, -0.2) is 30.3 Å². The Bertz CT molecular complexity index is 823. The van der Waals surface area contributed by atoms with Crippen LogP contribution in [0, 0.1) is 0 Å². The number of allylic oxidation sites excluding steroid dienone is 2. The molecule has 0 aliphatic carbocycles. The number of phenols is 1. The summed E-state index contributed by atoms with van der Waals surface area (Å²) in [6, 6.07) is 13.8. The van der Waals surface area contributed by atoms with Crippen LogP contribution in [0.4, 0.5) is 4.79 Å². The molecule has 28 heavy (non-hydrogen) atoms. The number of phenolic OH excluding ortho intramolecular Hbond substituents is 1. The number of aromatic hydroxyl groups is 1. The van der Waals surface area contributed by atoms with Crippen molar-refractivity contribution in [1.82, 2.24) is 5.32 Å². The van der Waals surface area contributed by atoms with E-state index < -0.39 is 6.16 Å². The third kappa shape index (κ3) is 7.78. The van der Waals surface area contributed by atoms with E-state index in [9.17, 15) is 14.7 Å². The third-order valence-electron chi connectivity index (χ3n) is 3.64. The molecule has 2 N–H and O–H groups in total. The number of hydrogen-bond donors (Lipinski definition) is 2. The molecule has 0 saturated heterocycles. The van der Waals surface area contributed by atoms with Gasteiger partial charge in [0, 0.05) is 12.6 Å². The van der Waals surface area contributed by atoms with Crippen LogP contribution in [0.1, 0.15) is 18.1 Å². The lowest BCUT2D eigenvalue weighted by atomic mass is 10.1. The summed E-state index contributed by atoms with van der Waals surface area (Å²) >= 11 is 0. The van der Waals surface area contributed by atoms with E-state index in [2.05, 4.69) is 5.32 Å². The van der Waals surface area contributed by atoms with Crippen molar-refractivity contribution in [3.63, 3.8) is 0 Å². The number of carbonyl (C=O) groups is 2. The Hall–Kier alpha value is -3.54. The fourth-order valence-corrected chi connectivity index (χ4v) is 2.25. The Morgan fingerprint density at radius 1 is 1.04 bits per heavy atom. The Balaban J connectivity index is 1.72. The zero-order valence-corrected chi connectivity index (χ0v) is 15.6. The van der Waals surface area contributed by atoms with E-state index in [0.29, 0.717) is 18.7 Å². The number of rotatable bonds is 8. The highest BCUT2D eigenvalue weighted by molar-refractivity contribution is 5.87. The number of nitrogens with one attached hydrogen (secondary N) is 1. The van der Waals surface area contributed by atoms with Crippen LogP contribution in [0.25, 0.3) is 6.08 Å². The number of amides is 1. The first-order chi connectivity index (χ1) is 13.6. The second kappa shape index (κ2) is 11.2. The molecule has 0 radical (unpaired) electrons. The lowest BCUT2D eigenvalue weighted by molar-refractivity contribution is -0.116. The minimum atomic E-state index is -0.731. The van der Waals surface area contributed by atoms with Gasteiger partial charge in [0.2, 0.25) is 5.91 Å². The summed E-state index contributed by atoms with van der Waals surface area (Å²) in [4.78, 5) is 23.0. The maximum Gasteiger partial charge on any atom is 0.513 e. The van der Waals surface area contributed by atoms with Crippen molar-refractivity contribution >= 4 is 18.1 Å². The highest BCUT2D eigenvalue weighted by atomic mass is 16.7. The predicted molar refractivity (Wildman–Crippen MR) is 107 cm³/mol. The van der Waals surface area contributed by atoms with Crippen LogP contribution >= 0.6 is 0 Å². The second-order valence-corrected chi connectivity index (χ2v) is 5.78. The van der Waals surface area contributed by atoms with Gasteiger partial charge in [0.05, 0.1) is 6.61 Å². The molecule has 0 atom stereocenters. The van der Waals surface area contributed by atoms with Gasteiger partial charge in [0.1, 0.15) is 11.5 Å². The van der Waals surface area contributed by atoms with Crippen molar-refractivity contribution in [1.29, 1.82) is 0 Å². The Morgan fingerprint density at radius 3 is 2.43 bits per heavy atom. The monoisotopic (exact) mass is 381 g/mol. The first-order valence-corrected chi connectivity index (χ1v) is 8.92. The predicted octanol–water partition coefficient (Wildman–Crippen LogP) is 3.86. The highest BCUT2D eigenvalue weighted by Gasteiger charge is 2.03. The Morgan fingerprint density at radius 2 is 1.75 bits per heavy atom. The van der Waals surface area contributed by atoms with E-state index in [0.717, 1.165) is 11.1 Å². The number of ether oxygens (including phenoxy) is 2. The number of carbonyl (C=O) groups excluding carboxylic acids is 2. The van der Waals surface area contributed by atoms with Gasteiger partial charge in [-0.3, -0.25) is 4.79 Å².